The number of nitrogens with one attached hydrogen (secondary N) is 1. The van der Waals surface area contributed by atoms with E-state index in [0.29, 0.717) is 25.9 Å². The van der Waals surface area contributed by atoms with Crippen LogP contribution in [0.5, 0.6) is 11.5 Å². The third-order valence-electron chi connectivity index (χ3n) is 2.66. The van der Waals surface area contributed by atoms with Gasteiger partial charge in [0.25, 0.3) is 0 Å². The third-order valence-corrected chi connectivity index (χ3v) is 2.66. The number of hydrogen-bond donors (Lipinski definition) is 1. The molecule has 0 bridgehead atoms. The molecule has 4 heteroatoms. The molecule has 1 rings (SSSR count). The van der Waals surface area contributed by atoms with Gasteiger partial charge in [-0.25, -0.2) is 0 Å². The minimum absolute atomic E-state index is 0.433. The van der Waals surface area contributed by atoms with Crippen LogP contribution in [0.1, 0.15) is 26.3 Å². The molecule has 108 valence electrons. The second kappa shape index (κ2) is 8.77. The van der Waals surface area contributed by atoms with Crippen molar-refractivity contribution in [3.8, 4) is 11.5 Å². The zero-order chi connectivity index (χ0) is 14.1. The van der Waals surface area contributed by atoms with Crippen molar-refractivity contribution in [2.75, 3.05) is 26.9 Å². The summed E-state index contributed by atoms with van der Waals surface area (Å²) in [5.41, 5.74) is 1.10. The zero-order valence-corrected chi connectivity index (χ0v) is 12.4. The lowest BCUT2D eigenvalue weighted by Crippen LogP contribution is -2.22. The molecular formula is C15H25NO3. The lowest BCUT2D eigenvalue weighted by Gasteiger charge is -2.16. The number of methoxy groups -OCH3 is 1. The summed E-state index contributed by atoms with van der Waals surface area (Å²) >= 11 is 0. The first kappa shape index (κ1) is 15.8. The molecular weight excluding hydrogens is 242 g/mol. The van der Waals surface area contributed by atoms with Gasteiger partial charge in [-0.3, -0.25) is 0 Å². The van der Waals surface area contributed by atoms with Gasteiger partial charge in [-0.1, -0.05) is 26.0 Å². The van der Waals surface area contributed by atoms with Crippen LogP contribution in [0.25, 0.3) is 0 Å². The van der Waals surface area contributed by atoms with Crippen LogP contribution in [-0.4, -0.2) is 33.0 Å². The molecule has 0 aromatic heterocycles. The summed E-state index contributed by atoms with van der Waals surface area (Å²) in [6.45, 7) is 8.80. The van der Waals surface area contributed by atoms with E-state index in [1.807, 2.05) is 25.1 Å². The minimum atomic E-state index is 0.433. The van der Waals surface area contributed by atoms with Crippen molar-refractivity contribution < 1.29 is 14.2 Å². The Balaban J connectivity index is 2.71. The molecule has 0 heterocycles. The number of para-hydroxylation sites is 1. The smallest absolute Gasteiger partial charge is 0.165 e. The molecule has 4 nitrogen and oxygen atoms in total. The summed E-state index contributed by atoms with van der Waals surface area (Å²) in [4.78, 5) is 0. The van der Waals surface area contributed by atoms with Crippen LogP contribution in [0.15, 0.2) is 18.2 Å². The van der Waals surface area contributed by atoms with E-state index in [1.54, 1.807) is 7.11 Å². The first-order valence-corrected chi connectivity index (χ1v) is 6.78. The van der Waals surface area contributed by atoms with Crippen LogP contribution in [0.2, 0.25) is 0 Å². The van der Waals surface area contributed by atoms with E-state index in [1.165, 1.54) is 0 Å². The van der Waals surface area contributed by atoms with E-state index in [2.05, 4.69) is 19.2 Å². The summed E-state index contributed by atoms with van der Waals surface area (Å²) in [7, 11) is 1.66. The Bertz CT molecular complexity index is 366. The molecule has 0 aliphatic carbocycles. The average Bonchev–Trinajstić information content (AvgIpc) is 2.41. The zero-order valence-electron chi connectivity index (χ0n) is 12.4. The van der Waals surface area contributed by atoms with E-state index in [-0.39, 0.29) is 0 Å². The number of hydrogen-bond acceptors (Lipinski definition) is 4. The Morgan fingerprint density at radius 3 is 2.63 bits per heavy atom. The number of ether oxygens (including phenoxy) is 3. The van der Waals surface area contributed by atoms with Crippen molar-refractivity contribution in [2.24, 2.45) is 0 Å². The fraction of sp³-hybridized carbons (Fsp3) is 0.600. The summed E-state index contributed by atoms with van der Waals surface area (Å²) in [6.07, 6.45) is 0. The van der Waals surface area contributed by atoms with Crippen LogP contribution >= 0.6 is 0 Å². The van der Waals surface area contributed by atoms with Gasteiger partial charge in [0.1, 0.15) is 6.61 Å². The summed E-state index contributed by atoms with van der Waals surface area (Å²) < 4.78 is 16.4. The van der Waals surface area contributed by atoms with Crippen LogP contribution in [0, 0.1) is 0 Å². The molecule has 0 amide bonds. The Kier molecular flexibility index (Phi) is 7.30. The molecule has 0 radical (unpaired) electrons. The SMILES string of the molecule is CCOCCOc1c(CNC(C)C)cccc1OC. The van der Waals surface area contributed by atoms with E-state index in [0.717, 1.165) is 23.6 Å². The topological polar surface area (TPSA) is 39.7 Å². The molecule has 0 aliphatic heterocycles. The highest BCUT2D eigenvalue weighted by Crippen LogP contribution is 2.31. The average molecular weight is 267 g/mol. The van der Waals surface area contributed by atoms with Gasteiger partial charge in [0.2, 0.25) is 0 Å². The quantitative estimate of drug-likeness (QED) is 0.698. The summed E-state index contributed by atoms with van der Waals surface area (Å²) in [5.74, 6) is 1.57. The normalized spacial score (nSPS) is 10.8. The second-order valence-electron chi connectivity index (χ2n) is 4.53. The van der Waals surface area contributed by atoms with Crippen molar-refractivity contribution in [1.82, 2.24) is 5.32 Å². The van der Waals surface area contributed by atoms with Crippen molar-refractivity contribution in [3.05, 3.63) is 23.8 Å². The molecule has 19 heavy (non-hydrogen) atoms. The van der Waals surface area contributed by atoms with Crippen molar-refractivity contribution in [1.29, 1.82) is 0 Å². The molecule has 0 aliphatic rings. The largest absolute Gasteiger partial charge is 0.493 e. The molecule has 0 unspecified atom stereocenters. The van der Waals surface area contributed by atoms with Gasteiger partial charge in [-0.15, -0.1) is 0 Å². The molecule has 0 spiro atoms. The van der Waals surface area contributed by atoms with Crippen molar-refractivity contribution in [3.63, 3.8) is 0 Å². The minimum Gasteiger partial charge on any atom is -0.493 e. The van der Waals surface area contributed by atoms with E-state index >= 15 is 0 Å². The first-order chi connectivity index (χ1) is 9.19. The van der Waals surface area contributed by atoms with Gasteiger partial charge in [-0.2, -0.15) is 0 Å². The highest BCUT2D eigenvalue weighted by Gasteiger charge is 2.10. The summed E-state index contributed by atoms with van der Waals surface area (Å²) in [5, 5.41) is 3.39. The Morgan fingerprint density at radius 2 is 2.00 bits per heavy atom. The fourth-order valence-corrected chi connectivity index (χ4v) is 1.69. The monoisotopic (exact) mass is 267 g/mol. The Hall–Kier alpha value is -1.26. The van der Waals surface area contributed by atoms with E-state index < -0.39 is 0 Å². The van der Waals surface area contributed by atoms with Gasteiger partial charge in [0.15, 0.2) is 11.5 Å². The molecule has 0 fully saturated rings. The number of rotatable bonds is 9. The van der Waals surface area contributed by atoms with Crippen LogP contribution in [0.4, 0.5) is 0 Å². The highest BCUT2D eigenvalue weighted by atomic mass is 16.5. The molecule has 1 aromatic rings. The predicted octanol–water partition coefficient (Wildman–Crippen LogP) is 2.61. The Labute approximate surface area is 116 Å². The van der Waals surface area contributed by atoms with E-state index in [4.69, 9.17) is 14.2 Å². The van der Waals surface area contributed by atoms with Gasteiger partial charge in [0, 0.05) is 24.8 Å². The van der Waals surface area contributed by atoms with Crippen LogP contribution in [-0.2, 0) is 11.3 Å². The van der Waals surface area contributed by atoms with Gasteiger partial charge < -0.3 is 19.5 Å². The predicted molar refractivity (Wildman–Crippen MR) is 77.0 cm³/mol. The van der Waals surface area contributed by atoms with Crippen LogP contribution < -0.4 is 14.8 Å². The summed E-state index contributed by atoms with van der Waals surface area (Å²) in [6, 6.07) is 6.37. The van der Waals surface area contributed by atoms with Crippen LogP contribution in [0.3, 0.4) is 0 Å². The molecule has 0 atom stereocenters. The lowest BCUT2D eigenvalue weighted by molar-refractivity contribution is 0.108. The second-order valence-corrected chi connectivity index (χ2v) is 4.53. The highest BCUT2D eigenvalue weighted by molar-refractivity contribution is 5.46. The maximum atomic E-state index is 5.80. The van der Waals surface area contributed by atoms with Crippen molar-refractivity contribution in [2.45, 2.75) is 33.4 Å². The molecule has 0 saturated heterocycles. The van der Waals surface area contributed by atoms with Gasteiger partial charge >= 0.3 is 0 Å². The molecule has 1 aromatic carbocycles. The maximum absolute atomic E-state index is 5.80. The lowest BCUT2D eigenvalue weighted by atomic mass is 10.1. The Morgan fingerprint density at radius 1 is 1.21 bits per heavy atom. The standard InChI is InChI=1S/C15H25NO3/c1-5-18-9-10-19-15-13(11-16-12(2)3)7-6-8-14(15)17-4/h6-8,12,16H,5,9-11H2,1-4H3. The fourth-order valence-electron chi connectivity index (χ4n) is 1.69. The van der Waals surface area contributed by atoms with Crippen molar-refractivity contribution >= 4 is 0 Å². The van der Waals surface area contributed by atoms with Gasteiger partial charge in [0.05, 0.1) is 13.7 Å². The first-order valence-electron chi connectivity index (χ1n) is 6.78. The molecule has 0 saturated carbocycles. The van der Waals surface area contributed by atoms with Gasteiger partial charge in [-0.05, 0) is 13.0 Å². The third kappa shape index (κ3) is 5.49. The number of benzene rings is 1. The molecule has 1 N–H and O–H groups in total. The van der Waals surface area contributed by atoms with E-state index in [9.17, 15) is 0 Å². The maximum Gasteiger partial charge on any atom is 0.165 e.